The quantitative estimate of drug-likeness (QED) is 0.714. The lowest BCUT2D eigenvalue weighted by atomic mass is 9.90. The number of carbonyl (C=O) groups excluding carboxylic acids is 1. The Kier molecular flexibility index (Phi) is 4.90. The van der Waals surface area contributed by atoms with Crippen LogP contribution >= 0.6 is 0 Å². The summed E-state index contributed by atoms with van der Waals surface area (Å²) in [6.45, 7) is 10.7. The maximum atomic E-state index is 12.5. The summed E-state index contributed by atoms with van der Waals surface area (Å²) in [7, 11) is 1.73. The van der Waals surface area contributed by atoms with Crippen molar-refractivity contribution in [2.24, 2.45) is 0 Å². The van der Waals surface area contributed by atoms with Crippen LogP contribution in [0.4, 0.5) is 5.69 Å². The second-order valence-corrected chi connectivity index (χ2v) is 7.55. The zero-order chi connectivity index (χ0) is 19.0. The third-order valence-electron chi connectivity index (χ3n) is 4.96. The molecule has 2 aromatic rings. The number of hydrogen-bond donors (Lipinski definition) is 1. The van der Waals surface area contributed by atoms with Crippen LogP contribution in [0.2, 0.25) is 0 Å². The van der Waals surface area contributed by atoms with E-state index >= 15 is 0 Å². The molecule has 26 heavy (non-hydrogen) atoms. The maximum absolute atomic E-state index is 12.5. The normalized spacial score (nSPS) is 14.9. The van der Waals surface area contributed by atoms with Gasteiger partial charge in [-0.2, -0.15) is 0 Å². The molecule has 3 nitrogen and oxygen atoms in total. The molecule has 1 N–H and O–H groups in total. The number of fused-ring (bicyclic) bond motifs is 1. The Balaban J connectivity index is 2.20. The lowest BCUT2D eigenvalue weighted by molar-refractivity contribution is -0.110. The van der Waals surface area contributed by atoms with Gasteiger partial charge in [0.2, 0.25) is 0 Å². The second kappa shape index (κ2) is 6.99. The molecule has 0 spiro atoms. The average molecular weight is 349 g/mol. The first-order chi connectivity index (χ1) is 12.3. The van der Waals surface area contributed by atoms with Gasteiger partial charge in [-0.1, -0.05) is 39.8 Å². The summed E-state index contributed by atoms with van der Waals surface area (Å²) in [5.74, 6) is 1.60. The monoisotopic (exact) mass is 349 g/mol. The minimum Gasteiger partial charge on any atom is -0.496 e. The van der Waals surface area contributed by atoms with Crippen molar-refractivity contribution in [1.29, 1.82) is 0 Å². The van der Waals surface area contributed by atoms with Crippen LogP contribution in [0.1, 0.15) is 67.3 Å². The van der Waals surface area contributed by atoms with Gasteiger partial charge in [0, 0.05) is 16.8 Å². The molecule has 0 aliphatic carbocycles. The Morgan fingerprint density at radius 1 is 1.04 bits per heavy atom. The van der Waals surface area contributed by atoms with Gasteiger partial charge in [0.25, 0.3) is 5.91 Å². The molecule has 3 heteroatoms. The SMILES string of the molecule is COc1c(C(C)C)cc(C=C2C(=O)Nc3cccc(C)c32)cc1C(C)C. The molecule has 1 amide bonds. The number of nitrogens with one attached hydrogen (secondary N) is 1. The average Bonchev–Trinajstić information content (AvgIpc) is 2.90. The number of aryl methyl sites for hydroxylation is 1. The van der Waals surface area contributed by atoms with E-state index in [1.165, 1.54) is 11.1 Å². The van der Waals surface area contributed by atoms with E-state index in [0.29, 0.717) is 11.8 Å². The van der Waals surface area contributed by atoms with Gasteiger partial charge in [0.1, 0.15) is 5.75 Å². The summed E-state index contributed by atoms with van der Waals surface area (Å²) in [6, 6.07) is 10.3. The van der Waals surface area contributed by atoms with Gasteiger partial charge in [-0.25, -0.2) is 0 Å². The maximum Gasteiger partial charge on any atom is 0.256 e. The first-order valence-corrected chi connectivity index (χ1v) is 9.18. The summed E-state index contributed by atoms with van der Waals surface area (Å²) >= 11 is 0. The second-order valence-electron chi connectivity index (χ2n) is 7.55. The van der Waals surface area contributed by atoms with Crippen molar-refractivity contribution in [3.05, 3.63) is 58.1 Å². The number of amides is 1. The zero-order valence-electron chi connectivity index (χ0n) is 16.4. The van der Waals surface area contributed by atoms with Crippen molar-refractivity contribution in [2.75, 3.05) is 12.4 Å². The lowest BCUT2D eigenvalue weighted by Crippen LogP contribution is -2.04. The number of rotatable bonds is 4. The highest BCUT2D eigenvalue weighted by molar-refractivity contribution is 6.35. The van der Waals surface area contributed by atoms with Crippen molar-refractivity contribution in [2.45, 2.75) is 46.5 Å². The number of ether oxygens (including phenoxy) is 1. The Hall–Kier alpha value is -2.55. The van der Waals surface area contributed by atoms with E-state index in [1.54, 1.807) is 7.11 Å². The third kappa shape index (κ3) is 3.14. The highest BCUT2D eigenvalue weighted by Gasteiger charge is 2.26. The first-order valence-electron chi connectivity index (χ1n) is 9.18. The summed E-state index contributed by atoms with van der Waals surface area (Å²) in [6.07, 6.45) is 2.01. The van der Waals surface area contributed by atoms with E-state index in [0.717, 1.165) is 33.7 Å². The fourth-order valence-corrected chi connectivity index (χ4v) is 3.61. The Morgan fingerprint density at radius 2 is 1.65 bits per heavy atom. The molecule has 0 bridgehead atoms. The number of benzene rings is 2. The smallest absolute Gasteiger partial charge is 0.256 e. The molecule has 1 heterocycles. The van der Waals surface area contributed by atoms with Crippen molar-refractivity contribution >= 4 is 23.2 Å². The van der Waals surface area contributed by atoms with Crippen LogP contribution in [0, 0.1) is 6.92 Å². The van der Waals surface area contributed by atoms with Crippen molar-refractivity contribution < 1.29 is 9.53 Å². The summed E-state index contributed by atoms with van der Waals surface area (Å²) in [4.78, 5) is 12.5. The summed E-state index contributed by atoms with van der Waals surface area (Å²) in [5, 5.41) is 2.97. The highest BCUT2D eigenvalue weighted by atomic mass is 16.5. The molecule has 0 unspecified atom stereocenters. The lowest BCUT2D eigenvalue weighted by Gasteiger charge is -2.19. The molecule has 0 atom stereocenters. The van der Waals surface area contributed by atoms with Gasteiger partial charge in [0.05, 0.1) is 7.11 Å². The number of carbonyl (C=O) groups is 1. The topological polar surface area (TPSA) is 38.3 Å². The fourth-order valence-electron chi connectivity index (χ4n) is 3.61. The highest BCUT2D eigenvalue weighted by Crippen LogP contribution is 2.39. The molecular weight excluding hydrogens is 322 g/mol. The molecule has 3 rings (SSSR count). The predicted octanol–water partition coefficient (Wildman–Crippen LogP) is 5.74. The van der Waals surface area contributed by atoms with Gasteiger partial charge in [-0.15, -0.1) is 0 Å². The molecule has 136 valence electrons. The molecule has 0 fully saturated rings. The number of anilines is 1. The van der Waals surface area contributed by atoms with Crippen LogP contribution in [-0.2, 0) is 4.79 Å². The van der Waals surface area contributed by atoms with Crippen LogP contribution in [-0.4, -0.2) is 13.0 Å². The van der Waals surface area contributed by atoms with E-state index in [4.69, 9.17) is 4.74 Å². The molecule has 1 aliphatic rings. The van der Waals surface area contributed by atoms with E-state index in [2.05, 4.69) is 45.1 Å². The van der Waals surface area contributed by atoms with E-state index in [1.807, 2.05) is 31.2 Å². The molecule has 2 aromatic carbocycles. The van der Waals surface area contributed by atoms with E-state index in [9.17, 15) is 4.79 Å². The van der Waals surface area contributed by atoms with Gasteiger partial charge >= 0.3 is 0 Å². The third-order valence-corrected chi connectivity index (χ3v) is 4.96. The minimum atomic E-state index is -0.0395. The van der Waals surface area contributed by atoms with Crippen LogP contribution < -0.4 is 10.1 Å². The predicted molar refractivity (Wildman–Crippen MR) is 109 cm³/mol. The van der Waals surface area contributed by atoms with Gasteiger partial charge in [-0.3, -0.25) is 4.79 Å². The van der Waals surface area contributed by atoms with Gasteiger partial charge < -0.3 is 10.1 Å². The zero-order valence-corrected chi connectivity index (χ0v) is 16.4. The van der Waals surface area contributed by atoms with Crippen LogP contribution in [0.3, 0.4) is 0 Å². The van der Waals surface area contributed by atoms with Crippen molar-refractivity contribution in [1.82, 2.24) is 0 Å². The number of hydrogen-bond acceptors (Lipinski definition) is 2. The van der Waals surface area contributed by atoms with Crippen molar-refractivity contribution in [3.63, 3.8) is 0 Å². The standard InChI is InChI=1S/C23H27NO2/c1-13(2)17-10-16(11-18(14(3)4)22(17)26-6)12-19-21-15(5)8-7-9-20(21)24-23(19)25/h7-14H,1-6H3,(H,24,25). The molecule has 0 saturated carbocycles. The van der Waals surface area contributed by atoms with Crippen LogP contribution in [0.25, 0.3) is 11.6 Å². The largest absolute Gasteiger partial charge is 0.496 e. The van der Waals surface area contributed by atoms with Gasteiger partial charge in [0.15, 0.2) is 0 Å². The van der Waals surface area contributed by atoms with E-state index in [-0.39, 0.29) is 5.91 Å². The Morgan fingerprint density at radius 3 is 2.19 bits per heavy atom. The van der Waals surface area contributed by atoms with Crippen molar-refractivity contribution in [3.8, 4) is 5.75 Å². The fraction of sp³-hybridized carbons (Fsp3) is 0.348. The Bertz CT molecular complexity index is 862. The Labute approximate surface area is 156 Å². The molecule has 0 radical (unpaired) electrons. The van der Waals surface area contributed by atoms with Crippen LogP contribution in [0.5, 0.6) is 5.75 Å². The molecule has 0 aromatic heterocycles. The van der Waals surface area contributed by atoms with Crippen LogP contribution in [0.15, 0.2) is 30.3 Å². The molecule has 1 aliphatic heterocycles. The first kappa shape index (κ1) is 18.2. The van der Waals surface area contributed by atoms with Gasteiger partial charge in [-0.05, 0) is 65.3 Å². The minimum absolute atomic E-state index is 0.0395. The number of methoxy groups -OCH3 is 1. The molecular formula is C23H27NO2. The molecule has 0 saturated heterocycles. The van der Waals surface area contributed by atoms with E-state index < -0.39 is 0 Å². The summed E-state index contributed by atoms with van der Waals surface area (Å²) in [5.41, 5.74) is 7.12. The summed E-state index contributed by atoms with van der Waals surface area (Å²) < 4.78 is 5.72.